The molecule has 1 atom stereocenters. The standard InChI is InChI=1S/C16H19Cl2NS/c1-4-7-19-11(3)15-5-6-16(20-15)12-9-13(17)10(2)8-14(12)18/h5-6,8-9,11,19H,4,7H2,1-3H3. The summed E-state index contributed by atoms with van der Waals surface area (Å²) in [6.45, 7) is 7.36. The van der Waals surface area contributed by atoms with Crippen molar-refractivity contribution in [2.45, 2.75) is 33.2 Å². The number of halogens is 2. The van der Waals surface area contributed by atoms with Gasteiger partial charge in [-0.05, 0) is 56.6 Å². The van der Waals surface area contributed by atoms with E-state index in [4.69, 9.17) is 23.2 Å². The topological polar surface area (TPSA) is 12.0 Å². The van der Waals surface area contributed by atoms with Gasteiger partial charge in [0.2, 0.25) is 0 Å². The lowest BCUT2D eigenvalue weighted by atomic mass is 10.1. The van der Waals surface area contributed by atoms with Crippen molar-refractivity contribution in [3.63, 3.8) is 0 Å². The average Bonchev–Trinajstić information content (AvgIpc) is 2.89. The number of benzene rings is 1. The van der Waals surface area contributed by atoms with Gasteiger partial charge in [-0.25, -0.2) is 0 Å². The summed E-state index contributed by atoms with van der Waals surface area (Å²) in [5, 5.41) is 5.02. The van der Waals surface area contributed by atoms with Gasteiger partial charge in [-0.15, -0.1) is 11.3 Å². The molecule has 0 spiro atoms. The molecule has 0 amide bonds. The van der Waals surface area contributed by atoms with E-state index in [-0.39, 0.29) is 0 Å². The van der Waals surface area contributed by atoms with E-state index in [1.807, 2.05) is 19.1 Å². The smallest absolute Gasteiger partial charge is 0.0496 e. The summed E-state index contributed by atoms with van der Waals surface area (Å²) in [5.74, 6) is 0. The van der Waals surface area contributed by atoms with Crippen LogP contribution in [0.4, 0.5) is 0 Å². The van der Waals surface area contributed by atoms with Gasteiger partial charge < -0.3 is 5.32 Å². The molecule has 1 unspecified atom stereocenters. The van der Waals surface area contributed by atoms with Gasteiger partial charge >= 0.3 is 0 Å². The molecule has 0 aliphatic heterocycles. The van der Waals surface area contributed by atoms with Crippen LogP contribution in [-0.4, -0.2) is 6.54 Å². The molecule has 0 saturated heterocycles. The Hall–Kier alpha value is -0.540. The maximum Gasteiger partial charge on any atom is 0.0496 e. The summed E-state index contributed by atoms with van der Waals surface area (Å²) in [5.41, 5.74) is 2.02. The second kappa shape index (κ2) is 6.95. The molecule has 0 bridgehead atoms. The summed E-state index contributed by atoms with van der Waals surface area (Å²) in [6.07, 6.45) is 1.14. The SMILES string of the molecule is CCCNC(C)c1ccc(-c2cc(Cl)c(C)cc2Cl)s1. The lowest BCUT2D eigenvalue weighted by Crippen LogP contribution is -2.18. The summed E-state index contributed by atoms with van der Waals surface area (Å²) >= 11 is 14.3. The summed E-state index contributed by atoms with van der Waals surface area (Å²) in [4.78, 5) is 2.48. The van der Waals surface area contributed by atoms with Crippen LogP contribution in [0, 0.1) is 6.92 Å². The predicted molar refractivity (Wildman–Crippen MR) is 91.2 cm³/mol. The molecular formula is C16H19Cl2NS. The zero-order valence-electron chi connectivity index (χ0n) is 12.0. The molecule has 0 aliphatic rings. The molecule has 2 aromatic rings. The third kappa shape index (κ3) is 3.56. The van der Waals surface area contributed by atoms with Crippen LogP contribution < -0.4 is 5.32 Å². The minimum atomic E-state index is 0.369. The van der Waals surface area contributed by atoms with Gasteiger partial charge in [0.1, 0.15) is 0 Å². The first kappa shape index (κ1) is 15.8. The van der Waals surface area contributed by atoms with Crippen LogP contribution in [0.1, 0.15) is 36.8 Å². The third-order valence-electron chi connectivity index (χ3n) is 3.27. The van der Waals surface area contributed by atoms with Crippen molar-refractivity contribution < 1.29 is 0 Å². The summed E-state index contributed by atoms with van der Waals surface area (Å²) < 4.78 is 0. The Morgan fingerprint density at radius 3 is 2.65 bits per heavy atom. The average molecular weight is 328 g/mol. The van der Waals surface area contributed by atoms with E-state index >= 15 is 0 Å². The lowest BCUT2D eigenvalue weighted by molar-refractivity contribution is 0.578. The number of nitrogens with one attached hydrogen (secondary N) is 1. The van der Waals surface area contributed by atoms with Gasteiger partial charge in [0.05, 0.1) is 0 Å². The molecule has 1 N–H and O–H groups in total. The van der Waals surface area contributed by atoms with Crippen molar-refractivity contribution in [1.29, 1.82) is 0 Å². The molecule has 1 nitrogen and oxygen atoms in total. The van der Waals surface area contributed by atoms with Crippen molar-refractivity contribution in [2.75, 3.05) is 6.54 Å². The minimum absolute atomic E-state index is 0.369. The van der Waals surface area contributed by atoms with Gasteiger partial charge in [0.15, 0.2) is 0 Å². The molecule has 2 rings (SSSR count). The van der Waals surface area contributed by atoms with Crippen molar-refractivity contribution >= 4 is 34.5 Å². The van der Waals surface area contributed by atoms with Crippen molar-refractivity contribution in [3.8, 4) is 10.4 Å². The number of rotatable bonds is 5. The lowest BCUT2D eigenvalue weighted by Gasteiger charge is -2.10. The maximum atomic E-state index is 6.34. The highest BCUT2D eigenvalue weighted by molar-refractivity contribution is 7.15. The maximum absolute atomic E-state index is 6.34. The van der Waals surface area contributed by atoms with Gasteiger partial charge in [-0.1, -0.05) is 30.1 Å². The Kier molecular flexibility index (Phi) is 5.50. The van der Waals surface area contributed by atoms with Crippen LogP contribution in [0.5, 0.6) is 0 Å². The second-order valence-corrected chi connectivity index (χ2v) is 6.89. The largest absolute Gasteiger partial charge is 0.309 e. The number of hydrogen-bond donors (Lipinski definition) is 1. The van der Waals surface area contributed by atoms with Crippen molar-refractivity contribution in [1.82, 2.24) is 5.32 Å². The van der Waals surface area contributed by atoms with Gasteiger partial charge in [0, 0.05) is 31.4 Å². The predicted octanol–water partition coefficient (Wildman–Crippen LogP) is 6.09. The third-order valence-corrected chi connectivity index (χ3v) is 5.29. The van der Waals surface area contributed by atoms with Crippen LogP contribution in [0.25, 0.3) is 10.4 Å². The van der Waals surface area contributed by atoms with E-state index in [1.54, 1.807) is 11.3 Å². The fraction of sp³-hybridized carbons (Fsp3) is 0.375. The van der Waals surface area contributed by atoms with Crippen LogP contribution >= 0.6 is 34.5 Å². The first-order chi connectivity index (χ1) is 9.52. The molecule has 20 heavy (non-hydrogen) atoms. The highest BCUT2D eigenvalue weighted by Crippen LogP contribution is 2.37. The Morgan fingerprint density at radius 1 is 1.20 bits per heavy atom. The monoisotopic (exact) mass is 327 g/mol. The van der Waals surface area contributed by atoms with Crippen LogP contribution in [0.3, 0.4) is 0 Å². The van der Waals surface area contributed by atoms with E-state index in [1.165, 1.54) is 4.88 Å². The molecule has 0 aliphatic carbocycles. The Labute approximate surface area is 134 Å². The zero-order chi connectivity index (χ0) is 14.7. The fourth-order valence-corrected chi connectivity index (χ4v) is 3.63. The molecule has 0 fully saturated rings. The first-order valence-corrected chi connectivity index (χ1v) is 8.39. The van der Waals surface area contributed by atoms with E-state index in [0.717, 1.165) is 39.0 Å². The van der Waals surface area contributed by atoms with E-state index in [2.05, 4.69) is 31.3 Å². The van der Waals surface area contributed by atoms with Crippen LogP contribution in [0.15, 0.2) is 24.3 Å². The molecule has 1 aromatic carbocycles. The minimum Gasteiger partial charge on any atom is -0.309 e. The summed E-state index contributed by atoms with van der Waals surface area (Å²) in [7, 11) is 0. The van der Waals surface area contributed by atoms with Crippen molar-refractivity contribution in [3.05, 3.63) is 44.8 Å². The number of thiophene rings is 1. The highest BCUT2D eigenvalue weighted by atomic mass is 35.5. The van der Waals surface area contributed by atoms with Gasteiger partial charge in [-0.2, -0.15) is 0 Å². The molecule has 108 valence electrons. The van der Waals surface area contributed by atoms with Gasteiger partial charge in [-0.3, -0.25) is 0 Å². The van der Waals surface area contributed by atoms with E-state index < -0.39 is 0 Å². The Balaban J connectivity index is 2.27. The fourth-order valence-electron chi connectivity index (χ4n) is 2.03. The number of hydrogen-bond acceptors (Lipinski definition) is 2. The van der Waals surface area contributed by atoms with Crippen LogP contribution in [0.2, 0.25) is 10.0 Å². The molecule has 1 aromatic heterocycles. The zero-order valence-corrected chi connectivity index (χ0v) is 14.3. The summed E-state index contributed by atoms with van der Waals surface area (Å²) in [6, 6.07) is 8.54. The molecule has 0 radical (unpaired) electrons. The Morgan fingerprint density at radius 2 is 1.95 bits per heavy atom. The number of aryl methyl sites for hydroxylation is 1. The van der Waals surface area contributed by atoms with Crippen molar-refractivity contribution in [2.24, 2.45) is 0 Å². The van der Waals surface area contributed by atoms with E-state index in [0.29, 0.717) is 6.04 Å². The first-order valence-electron chi connectivity index (χ1n) is 6.82. The molecule has 4 heteroatoms. The van der Waals surface area contributed by atoms with E-state index in [9.17, 15) is 0 Å². The molecular weight excluding hydrogens is 309 g/mol. The highest BCUT2D eigenvalue weighted by Gasteiger charge is 2.12. The quantitative estimate of drug-likeness (QED) is 0.700. The molecule has 0 saturated carbocycles. The van der Waals surface area contributed by atoms with Crippen LogP contribution in [-0.2, 0) is 0 Å². The Bertz CT molecular complexity index is 592. The van der Waals surface area contributed by atoms with Gasteiger partial charge in [0.25, 0.3) is 0 Å². The normalized spacial score (nSPS) is 12.7. The second-order valence-electron chi connectivity index (χ2n) is 4.96. The molecule has 1 heterocycles.